The van der Waals surface area contributed by atoms with Gasteiger partial charge in [0.25, 0.3) is 0 Å². The quantitative estimate of drug-likeness (QED) is 0.164. The Bertz CT molecular complexity index is 3090. The number of anilines is 3. The van der Waals surface area contributed by atoms with Crippen molar-refractivity contribution in [2.24, 2.45) is 0 Å². The van der Waals surface area contributed by atoms with Gasteiger partial charge in [-0.3, -0.25) is 0 Å². The number of benzene rings is 9. The third kappa shape index (κ3) is 5.51. The highest BCUT2D eigenvalue weighted by Gasteiger charge is 2.21. The second-order valence-corrected chi connectivity index (χ2v) is 16.2. The Morgan fingerprint density at radius 1 is 0.291 bits per heavy atom. The zero-order valence-corrected chi connectivity index (χ0v) is 31.4. The highest BCUT2D eigenvalue weighted by atomic mass is 32.1. The van der Waals surface area contributed by atoms with Gasteiger partial charge in [-0.2, -0.15) is 0 Å². The van der Waals surface area contributed by atoms with E-state index in [9.17, 15) is 0 Å². The Morgan fingerprint density at radius 2 is 0.727 bits per heavy atom. The summed E-state index contributed by atoms with van der Waals surface area (Å²) in [5.41, 5.74) is 10.8. The van der Waals surface area contributed by atoms with E-state index < -0.39 is 0 Å². The summed E-state index contributed by atoms with van der Waals surface area (Å²) >= 11 is 3.75. The first-order valence-corrected chi connectivity index (χ1v) is 20.3. The van der Waals surface area contributed by atoms with Crippen LogP contribution in [0.4, 0.5) is 17.1 Å². The number of fused-ring (bicyclic) bond motifs is 7. The summed E-state index contributed by atoms with van der Waals surface area (Å²) in [5.74, 6) is 0. The van der Waals surface area contributed by atoms with E-state index in [-0.39, 0.29) is 0 Å². The summed E-state index contributed by atoms with van der Waals surface area (Å²) < 4.78 is 5.21. The van der Waals surface area contributed by atoms with Gasteiger partial charge in [0.2, 0.25) is 0 Å². The maximum absolute atomic E-state index is 2.48. The van der Waals surface area contributed by atoms with Crippen molar-refractivity contribution in [3.8, 4) is 33.4 Å². The molecule has 11 aromatic rings. The minimum absolute atomic E-state index is 1.14. The molecule has 0 saturated heterocycles. The maximum Gasteiger partial charge on any atom is 0.0640 e. The van der Waals surface area contributed by atoms with Crippen LogP contribution in [0, 0.1) is 0 Å². The van der Waals surface area contributed by atoms with Crippen LogP contribution in [-0.2, 0) is 0 Å². The third-order valence-electron chi connectivity index (χ3n) is 10.9. The van der Waals surface area contributed by atoms with Crippen LogP contribution in [0.5, 0.6) is 0 Å². The fraction of sp³-hybridized carbons (Fsp3) is 0. The molecule has 0 spiro atoms. The summed E-state index contributed by atoms with van der Waals surface area (Å²) in [4.78, 5) is 2.48. The van der Waals surface area contributed by atoms with E-state index in [1.54, 1.807) is 0 Å². The molecular weight excluding hydrogens is 703 g/mol. The highest BCUT2D eigenvalue weighted by molar-refractivity contribution is 7.27. The lowest BCUT2D eigenvalue weighted by Gasteiger charge is -2.27. The van der Waals surface area contributed by atoms with E-state index >= 15 is 0 Å². The molecule has 0 amide bonds. The van der Waals surface area contributed by atoms with Crippen LogP contribution in [0.3, 0.4) is 0 Å². The molecule has 0 atom stereocenters. The molecule has 3 heteroatoms. The topological polar surface area (TPSA) is 3.24 Å². The van der Waals surface area contributed by atoms with Gasteiger partial charge in [-0.15, -0.1) is 22.7 Å². The van der Waals surface area contributed by atoms with Gasteiger partial charge < -0.3 is 4.90 Å². The first-order valence-electron chi connectivity index (χ1n) is 18.7. The van der Waals surface area contributed by atoms with Crippen molar-refractivity contribution < 1.29 is 0 Å². The molecule has 258 valence electrons. The summed E-state index contributed by atoms with van der Waals surface area (Å²) in [6.07, 6.45) is 0. The summed E-state index contributed by atoms with van der Waals surface area (Å²) in [6, 6.07) is 73.3. The Kier molecular flexibility index (Phi) is 7.61. The van der Waals surface area contributed by atoms with E-state index in [0.717, 1.165) is 5.69 Å². The second kappa shape index (κ2) is 13.1. The summed E-state index contributed by atoms with van der Waals surface area (Å²) in [5, 5.41) is 7.74. The lowest BCUT2D eigenvalue weighted by Crippen LogP contribution is -2.10. The second-order valence-electron chi connectivity index (χ2n) is 14.1. The lowest BCUT2D eigenvalue weighted by atomic mass is 9.96. The number of nitrogens with zero attached hydrogens (tertiary/aromatic N) is 1. The molecule has 9 aromatic carbocycles. The Balaban J connectivity index is 0.974. The molecule has 11 rings (SSSR count). The molecule has 0 unspecified atom stereocenters. The highest BCUT2D eigenvalue weighted by Crippen LogP contribution is 2.49. The molecule has 0 N–H and O–H groups in total. The SMILES string of the molecule is c1cc(-c2ccc(-c3ccc(N(c4cccc5c4sc4ccccc45)c4cccc5c4sc4ccccc45)cc3)cc2)cc(-c2ccc3ccccc3c2)c1. The van der Waals surface area contributed by atoms with Gasteiger partial charge in [0.05, 0.1) is 20.8 Å². The largest absolute Gasteiger partial charge is 0.308 e. The number of hydrogen-bond acceptors (Lipinski definition) is 3. The zero-order valence-electron chi connectivity index (χ0n) is 29.8. The molecule has 2 heterocycles. The van der Waals surface area contributed by atoms with Crippen molar-refractivity contribution in [1.82, 2.24) is 0 Å². The van der Waals surface area contributed by atoms with Crippen molar-refractivity contribution in [1.29, 1.82) is 0 Å². The molecule has 0 aliphatic heterocycles. The number of thiophene rings is 2. The van der Waals surface area contributed by atoms with Gasteiger partial charge in [0, 0.05) is 36.6 Å². The van der Waals surface area contributed by atoms with Gasteiger partial charge in [0.15, 0.2) is 0 Å². The third-order valence-corrected chi connectivity index (χ3v) is 13.3. The summed E-state index contributed by atoms with van der Waals surface area (Å²) in [7, 11) is 0. The summed E-state index contributed by atoms with van der Waals surface area (Å²) in [6.45, 7) is 0. The Morgan fingerprint density at radius 3 is 1.35 bits per heavy atom. The minimum Gasteiger partial charge on any atom is -0.308 e. The van der Waals surface area contributed by atoms with Crippen LogP contribution >= 0.6 is 22.7 Å². The van der Waals surface area contributed by atoms with E-state index in [4.69, 9.17) is 0 Å². The van der Waals surface area contributed by atoms with Gasteiger partial charge in [-0.1, -0.05) is 152 Å². The average Bonchev–Trinajstić information content (AvgIpc) is 3.84. The van der Waals surface area contributed by atoms with Crippen molar-refractivity contribution in [2.75, 3.05) is 4.90 Å². The molecule has 0 bridgehead atoms. The fourth-order valence-corrected chi connectivity index (χ4v) is 10.5. The molecule has 55 heavy (non-hydrogen) atoms. The number of hydrogen-bond donors (Lipinski definition) is 0. The predicted octanol–water partition coefficient (Wildman–Crippen LogP) is 16.0. The van der Waals surface area contributed by atoms with E-state index in [0.29, 0.717) is 0 Å². The first kappa shape index (κ1) is 32.0. The maximum atomic E-state index is 2.48. The van der Waals surface area contributed by atoms with Gasteiger partial charge in [-0.25, -0.2) is 0 Å². The van der Waals surface area contributed by atoms with Crippen LogP contribution in [0.2, 0.25) is 0 Å². The van der Waals surface area contributed by atoms with Crippen molar-refractivity contribution >= 4 is 90.9 Å². The van der Waals surface area contributed by atoms with Gasteiger partial charge in [0.1, 0.15) is 0 Å². The van der Waals surface area contributed by atoms with Crippen LogP contribution in [0.15, 0.2) is 200 Å². The zero-order chi connectivity index (χ0) is 36.3. The normalized spacial score (nSPS) is 11.6. The van der Waals surface area contributed by atoms with Gasteiger partial charge >= 0.3 is 0 Å². The Hall–Kier alpha value is -6.52. The molecule has 0 aliphatic carbocycles. The Labute approximate surface area is 327 Å². The standard InChI is InChI=1S/C52H33NS2/c1-2-11-38-33-41(27-26-34(38)10-1)40-13-7-12-39(32-40)37-24-22-35(23-25-37)36-28-30-42(31-29-36)53(47-18-8-16-45-43-14-3-5-20-49(43)54-51(45)47)48-19-9-17-46-44-15-4-6-21-50(44)55-52(46)48/h1-33H. The van der Waals surface area contributed by atoms with Crippen LogP contribution in [0.25, 0.3) is 84.5 Å². The molecule has 0 radical (unpaired) electrons. The molecule has 0 saturated carbocycles. The smallest absolute Gasteiger partial charge is 0.0640 e. The number of rotatable bonds is 6. The van der Waals surface area contributed by atoms with Crippen molar-refractivity contribution in [3.63, 3.8) is 0 Å². The molecule has 1 nitrogen and oxygen atoms in total. The van der Waals surface area contributed by atoms with E-state index in [1.165, 1.54) is 95.9 Å². The molecular formula is C52H33NS2. The minimum atomic E-state index is 1.14. The monoisotopic (exact) mass is 735 g/mol. The van der Waals surface area contributed by atoms with Crippen LogP contribution < -0.4 is 4.90 Å². The molecule has 0 fully saturated rings. The molecule has 2 aromatic heterocycles. The lowest BCUT2D eigenvalue weighted by molar-refractivity contribution is 1.32. The van der Waals surface area contributed by atoms with Crippen LogP contribution in [0.1, 0.15) is 0 Å². The van der Waals surface area contributed by atoms with E-state index in [2.05, 4.69) is 205 Å². The van der Waals surface area contributed by atoms with Crippen LogP contribution in [-0.4, -0.2) is 0 Å². The van der Waals surface area contributed by atoms with Crippen molar-refractivity contribution in [3.05, 3.63) is 200 Å². The average molecular weight is 736 g/mol. The molecule has 0 aliphatic rings. The fourth-order valence-electron chi connectivity index (χ4n) is 8.13. The first-order chi connectivity index (χ1) is 27.2. The van der Waals surface area contributed by atoms with Gasteiger partial charge in [-0.05, 0) is 92.7 Å². The van der Waals surface area contributed by atoms with Crippen molar-refractivity contribution in [2.45, 2.75) is 0 Å². The van der Waals surface area contributed by atoms with E-state index in [1.807, 2.05) is 22.7 Å². The predicted molar refractivity (Wildman–Crippen MR) is 241 cm³/mol.